The van der Waals surface area contributed by atoms with Crippen LogP contribution in [0.3, 0.4) is 0 Å². The lowest BCUT2D eigenvalue weighted by atomic mass is 9.86. The molecule has 8 aromatic carbocycles. The van der Waals surface area contributed by atoms with Gasteiger partial charge in [0, 0.05) is 16.5 Å². The number of benzene rings is 8. The van der Waals surface area contributed by atoms with E-state index in [-0.39, 0.29) is 0 Å². The molecule has 0 amide bonds. The summed E-state index contributed by atoms with van der Waals surface area (Å²) in [6, 6.07) is 56.7. The summed E-state index contributed by atoms with van der Waals surface area (Å²) in [5.41, 5.74) is 9.18. The van der Waals surface area contributed by atoms with Crippen molar-refractivity contribution >= 4 is 43.3 Å². The van der Waals surface area contributed by atoms with Crippen molar-refractivity contribution in [2.75, 3.05) is 0 Å². The van der Waals surface area contributed by atoms with Gasteiger partial charge in [0.05, 0.1) is 0 Å². The molecule has 200 valence electrons. The molecule has 1 heterocycles. The van der Waals surface area contributed by atoms with Gasteiger partial charge in [-0.3, -0.25) is 0 Å². The maximum absolute atomic E-state index is 6.57. The van der Waals surface area contributed by atoms with Crippen LogP contribution >= 0.6 is 0 Å². The Hall–Kier alpha value is -5.66. The van der Waals surface area contributed by atoms with Crippen LogP contribution in [-0.2, 0) is 0 Å². The summed E-state index contributed by atoms with van der Waals surface area (Å²) in [6.45, 7) is 0. The highest BCUT2D eigenvalue weighted by Crippen LogP contribution is 2.44. The van der Waals surface area contributed by atoms with E-state index in [1.165, 1.54) is 54.6 Å². The quantitative estimate of drug-likeness (QED) is 0.200. The van der Waals surface area contributed by atoms with E-state index in [4.69, 9.17) is 4.42 Å². The maximum atomic E-state index is 6.57. The Balaban J connectivity index is 1.32. The molecule has 0 radical (unpaired) electrons. The third-order valence-corrected chi connectivity index (χ3v) is 8.82. The maximum Gasteiger partial charge on any atom is 0.142 e. The first-order chi connectivity index (χ1) is 21.3. The lowest BCUT2D eigenvalue weighted by Gasteiger charge is -2.17. The van der Waals surface area contributed by atoms with Crippen LogP contribution in [0.5, 0.6) is 0 Å². The fourth-order valence-corrected chi connectivity index (χ4v) is 6.81. The summed E-state index contributed by atoms with van der Waals surface area (Å²) in [6.07, 6.45) is 0. The zero-order valence-electron chi connectivity index (χ0n) is 23.4. The lowest BCUT2D eigenvalue weighted by Crippen LogP contribution is -1.90. The van der Waals surface area contributed by atoms with Crippen molar-refractivity contribution in [2.24, 2.45) is 0 Å². The summed E-state index contributed by atoms with van der Waals surface area (Å²) < 4.78 is 6.57. The van der Waals surface area contributed by atoms with E-state index in [2.05, 4.69) is 152 Å². The van der Waals surface area contributed by atoms with E-state index < -0.39 is 0 Å². The Bertz CT molecular complexity index is 2420. The molecule has 0 bridgehead atoms. The first-order valence-corrected chi connectivity index (χ1v) is 14.8. The third kappa shape index (κ3) is 3.79. The molecule has 43 heavy (non-hydrogen) atoms. The molecule has 0 spiro atoms. The average Bonchev–Trinajstić information content (AvgIpc) is 3.52. The molecule has 9 rings (SSSR count). The van der Waals surface area contributed by atoms with Crippen LogP contribution in [0.4, 0.5) is 0 Å². The molecule has 0 aliphatic heterocycles. The molecule has 0 aliphatic rings. The van der Waals surface area contributed by atoms with Crippen molar-refractivity contribution in [3.63, 3.8) is 0 Å². The zero-order chi connectivity index (χ0) is 28.3. The predicted molar refractivity (Wildman–Crippen MR) is 182 cm³/mol. The summed E-state index contributed by atoms with van der Waals surface area (Å²) in [4.78, 5) is 0. The number of furan rings is 1. The number of rotatable bonds is 4. The van der Waals surface area contributed by atoms with Crippen molar-refractivity contribution in [2.45, 2.75) is 0 Å². The largest absolute Gasteiger partial charge is 0.455 e. The molecule has 0 saturated heterocycles. The van der Waals surface area contributed by atoms with E-state index in [1.807, 2.05) is 6.07 Å². The molecule has 0 N–H and O–H groups in total. The summed E-state index contributed by atoms with van der Waals surface area (Å²) >= 11 is 0. The van der Waals surface area contributed by atoms with Crippen LogP contribution < -0.4 is 0 Å². The van der Waals surface area contributed by atoms with Gasteiger partial charge in [0.2, 0.25) is 0 Å². The van der Waals surface area contributed by atoms with Crippen molar-refractivity contribution in [1.82, 2.24) is 0 Å². The molecular formula is C42H26O. The van der Waals surface area contributed by atoms with Gasteiger partial charge in [0.15, 0.2) is 0 Å². The molecule has 0 saturated carbocycles. The Labute approximate surface area is 249 Å². The minimum atomic E-state index is 0.883. The number of fused-ring (bicyclic) bond motifs is 1. The predicted octanol–water partition coefficient (Wildman–Crippen LogP) is 12.0. The summed E-state index contributed by atoms with van der Waals surface area (Å²) in [5, 5.41) is 8.86. The zero-order valence-corrected chi connectivity index (χ0v) is 23.4. The van der Waals surface area contributed by atoms with Crippen molar-refractivity contribution in [1.29, 1.82) is 0 Å². The van der Waals surface area contributed by atoms with Crippen LogP contribution in [-0.4, -0.2) is 0 Å². The van der Waals surface area contributed by atoms with Gasteiger partial charge in [-0.05, 0) is 78.3 Å². The normalized spacial score (nSPS) is 11.7. The number of hydrogen-bond donors (Lipinski definition) is 0. The van der Waals surface area contributed by atoms with Gasteiger partial charge in [-0.15, -0.1) is 0 Å². The third-order valence-electron chi connectivity index (χ3n) is 8.82. The van der Waals surface area contributed by atoms with Crippen LogP contribution in [0.2, 0.25) is 0 Å². The second kappa shape index (κ2) is 9.44. The van der Waals surface area contributed by atoms with Gasteiger partial charge < -0.3 is 4.42 Å². The SMILES string of the molecule is c1ccc(-c2cc3cc(-c4ccc5ccc6c(-c7ccccc7)ccc7ccc4c5c76)cc(-c4ccccc4)c3o2)cc1. The summed E-state index contributed by atoms with van der Waals surface area (Å²) in [5.74, 6) is 0.883. The molecule has 0 unspecified atom stereocenters. The molecule has 0 fully saturated rings. The Morgan fingerprint density at radius 1 is 0.326 bits per heavy atom. The molecule has 0 atom stereocenters. The topological polar surface area (TPSA) is 13.1 Å². The van der Waals surface area contributed by atoms with E-state index >= 15 is 0 Å². The Kier molecular flexibility index (Phi) is 5.27. The van der Waals surface area contributed by atoms with Crippen LogP contribution in [0.25, 0.3) is 88.0 Å². The molecule has 1 heteroatoms. The monoisotopic (exact) mass is 546 g/mol. The van der Waals surface area contributed by atoms with Crippen molar-refractivity contribution in [3.05, 3.63) is 158 Å². The molecular weight excluding hydrogens is 520 g/mol. The molecule has 1 aromatic heterocycles. The van der Waals surface area contributed by atoms with E-state index in [1.54, 1.807) is 0 Å². The first-order valence-electron chi connectivity index (χ1n) is 14.8. The minimum absolute atomic E-state index is 0.883. The smallest absolute Gasteiger partial charge is 0.142 e. The number of hydrogen-bond acceptors (Lipinski definition) is 1. The van der Waals surface area contributed by atoms with Gasteiger partial charge >= 0.3 is 0 Å². The Morgan fingerprint density at radius 3 is 1.40 bits per heavy atom. The lowest BCUT2D eigenvalue weighted by molar-refractivity contribution is 0.632. The highest BCUT2D eigenvalue weighted by atomic mass is 16.3. The van der Waals surface area contributed by atoms with Gasteiger partial charge in [0.1, 0.15) is 11.3 Å². The van der Waals surface area contributed by atoms with Gasteiger partial charge in [-0.1, -0.05) is 140 Å². The second-order valence-electron chi connectivity index (χ2n) is 11.3. The van der Waals surface area contributed by atoms with E-state index in [9.17, 15) is 0 Å². The molecule has 0 aliphatic carbocycles. The first kappa shape index (κ1) is 24.0. The van der Waals surface area contributed by atoms with Crippen molar-refractivity contribution in [3.8, 4) is 44.7 Å². The van der Waals surface area contributed by atoms with Gasteiger partial charge in [-0.25, -0.2) is 0 Å². The van der Waals surface area contributed by atoms with Gasteiger partial charge in [0.25, 0.3) is 0 Å². The fraction of sp³-hybridized carbons (Fsp3) is 0. The molecule has 1 nitrogen and oxygen atoms in total. The van der Waals surface area contributed by atoms with Crippen molar-refractivity contribution < 1.29 is 4.42 Å². The van der Waals surface area contributed by atoms with Crippen LogP contribution in [0.15, 0.2) is 162 Å². The fourth-order valence-electron chi connectivity index (χ4n) is 6.81. The highest BCUT2D eigenvalue weighted by molar-refractivity contribution is 6.27. The molecule has 9 aromatic rings. The average molecular weight is 547 g/mol. The highest BCUT2D eigenvalue weighted by Gasteiger charge is 2.18. The second-order valence-corrected chi connectivity index (χ2v) is 11.3. The van der Waals surface area contributed by atoms with Crippen LogP contribution in [0.1, 0.15) is 0 Å². The minimum Gasteiger partial charge on any atom is -0.455 e. The Morgan fingerprint density at radius 2 is 0.814 bits per heavy atom. The van der Waals surface area contributed by atoms with Crippen LogP contribution in [0, 0.1) is 0 Å². The summed E-state index contributed by atoms with van der Waals surface area (Å²) in [7, 11) is 0. The standard InChI is InChI=1S/C42H26O/c1-4-10-27(11-5-1)34-20-16-30-19-23-37-35(21-17-31-18-22-36(34)40(30)41(31)37)32-24-33-26-39(29-14-8-3-9-15-29)43-42(33)38(25-32)28-12-6-2-7-13-28/h1-26H. The van der Waals surface area contributed by atoms with Gasteiger partial charge in [-0.2, -0.15) is 0 Å². The van der Waals surface area contributed by atoms with E-state index in [0.717, 1.165) is 33.4 Å². The van der Waals surface area contributed by atoms with E-state index in [0.29, 0.717) is 0 Å².